The highest BCUT2D eigenvalue weighted by Gasteiger charge is 2.29. The van der Waals surface area contributed by atoms with E-state index in [-0.39, 0.29) is 6.04 Å². The van der Waals surface area contributed by atoms with Crippen LogP contribution in [-0.2, 0) is 0 Å². The number of rotatable bonds is 6. The van der Waals surface area contributed by atoms with Gasteiger partial charge >= 0.3 is 0 Å². The molecule has 2 N–H and O–H groups in total. The molecule has 2 aromatic rings. The van der Waals surface area contributed by atoms with Gasteiger partial charge in [0.05, 0.1) is 5.69 Å². The van der Waals surface area contributed by atoms with E-state index in [9.17, 15) is 0 Å². The predicted octanol–water partition coefficient (Wildman–Crippen LogP) is 5.45. The lowest BCUT2D eigenvalue weighted by Gasteiger charge is -2.17. The predicted molar refractivity (Wildman–Crippen MR) is 115 cm³/mol. The van der Waals surface area contributed by atoms with Crippen LogP contribution in [0.25, 0.3) is 0 Å². The lowest BCUT2D eigenvalue weighted by molar-refractivity contribution is 0.536. The van der Waals surface area contributed by atoms with Crippen molar-refractivity contribution in [3.05, 3.63) is 51.8 Å². The summed E-state index contributed by atoms with van der Waals surface area (Å²) in [5.74, 6) is 0. The van der Waals surface area contributed by atoms with E-state index in [1.807, 2.05) is 6.92 Å². The molecule has 4 rings (SSSR count). The number of hydrogen-bond acceptors (Lipinski definition) is 5. The Labute approximate surface area is 168 Å². The van der Waals surface area contributed by atoms with E-state index in [0.29, 0.717) is 6.04 Å². The maximum atomic E-state index is 4.82. The molecular formula is C23H31N5. The van der Waals surface area contributed by atoms with E-state index in [0.717, 1.165) is 35.9 Å². The highest BCUT2D eigenvalue weighted by Crippen LogP contribution is 2.44. The Hall–Kier alpha value is -2.27. The number of aromatic nitrogens is 1. The number of anilines is 1. The van der Waals surface area contributed by atoms with Gasteiger partial charge in [0.1, 0.15) is 17.4 Å². The van der Waals surface area contributed by atoms with Gasteiger partial charge in [-0.25, -0.2) is 0 Å². The van der Waals surface area contributed by atoms with Gasteiger partial charge in [-0.1, -0.05) is 30.5 Å². The van der Waals surface area contributed by atoms with Gasteiger partial charge in [-0.3, -0.25) is 4.98 Å². The molecule has 1 aromatic heterocycles. The van der Waals surface area contributed by atoms with Gasteiger partial charge < -0.3 is 10.6 Å². The van der Waals surface area contributed by atoms with E-state index in [1.54, 1.807) is 0 Å². The third-order valence-electron chi connectivity index (χ3n) is 5.92. The van der Waals surface area contributed by atoms with Crippen LogP contribution in [0.15, 0.2) is 28.4 Å². The van der Waals surface area contributed by atoms with Crippen molar-refractivity contribution in [2.75, 3.05) is 18.4 Å². The first-order valence-electron chi connectivity index (χ1n) is 10.5. The van der Waals surface area contributed by atoms with Crippen LogP contribution in [-0.4, -0.2) is 24.1 Å². The number of pyridine rings is 1. The molecular weight excluding hydrogens is 346 g/mol. The number of hydrogen-bond donors (Lipinski definition) is 2. The second kappa shape index (κ2) is 8.00. The highest BCUT2D eigenvalue weighted by atomic mass is 15.2. The molecule has 2 aliphatic rings. The Morgan fingerprint density at radius 1 is 0.964 bits per heavy atom. The first-order chi connectivity index (χ1) is 13.5. The SMILES string of the molecule is Cc1cc(C)c(C2N=Nc3c(NCCNC4CCCC4)cc(C)nc32)c(C)c1. The van der Waals surface area contributed by atoms with Crippen molar-refractivity contribution >= 4 is 11.4 Å². The van der Waals surface area contributed by atoms with Gasteiger partial charge in [0.25, 0.3) is 0 Å². The van der Waals surface area contributed by atoms with Crippen molar-refractivity contribution < 1.29 is 0 Å². The summed E-state index contributed by atoms with van der Waals surface area (Å²) >= 11 is 0. The number of fused-ring (bicyclic) bond motifs is 1. The minimum Gasteiger partial charge on any atom is -0.382 e. The van der Waals surface area contributed by atoms with Gasteiger partial charge in [-0.05, 0) is 63.3 Å². The van der Waals surface area contributed by atoms with Crippen molar-refractivity contribution in [3.8, 4) is 0 Å². The zero-order valence-electron chi connectivity index (χ0n) is 17.5. The Balaban J connectivity index is 1.53. The number of nitrogens with zero attached hydrogens (tertiary/aromatic N) is 3. The molecule has 1 atom stereocenters. The van der Waals surface area contributed by atoms with Crippen LogP contribution >= 0.6 is 0 Å². The molecule has 0 radical (unpaired) electrons. The molecule has 0 bridgehead atoms. The topological polar surface area (TPSA) is 61.7 Å². The summed E-state index contributed by atoms with van der Waals surface area (Å²) in [5.41, 5.74) is 8.95. The summed E-state index contributed by atoms with van der Waals surface area (Å²) in [7, 11) is 0. The van der Waals surface area contributed by atoms with Crippen LogP contribution < -0.4 is 10.6 Å². The molecule has 1 aromatic carbocycles. The first kappa shape index (κ1) is 19.1. The number of azo groups is 1. The van der Waals surface area contributed by atoms with Crippen LogP contribution in [0.4, 0.5) is 11.4 Å². The van der Waals surface area contributed by atoms with Crippen molar-refractivity contribution in [1.29, 1.82) is 0 Å². The van der Waals surface area contributed by atoms with Gasteiger partial charge in [0.2, 0.25) is 0 Å². The summed E-state index contributed by atoms with van der Waals surface area (Å²) < 4.78 is 0. The maximum Gasteiger partial charge on any atom is 0.141 e. The third-order valence-corrected chi connectivity index (χ3v) is 5.92. The Bertz CT molecular complexity index is 873. The van der Waals surface area contributed by atoms with E-state index < -0.39 is 0 Å². The van der Waals surface area contributed by atoms with Crippen LogP contribution in [0.5, 0.6) is 0 Å². The molecule has 148 valence electrons. The van der Waals surface area contributed by atoms with E-state index in [4.69, 9.17) is 4.98 Å². The highest BCUT2D eigenvalue weighted by molar-refractivity contribution is 5.71. The lowest BCUT2D eigenvalue weighted by Crippen LogP contribution is -2.30. The molecule has 1 aliphatic heterocycles. The fourth-order valence-corrected chi connectivity index (χ4v) is 4.71. The molecule has 5 heteroatoms. The molecule has 1 fully saturated rings. The molecule has 0 amide bonds. The zero-order chi connectivity index (χ0) is 19.7. The van der Waals surface area contributed by atoms with Crippen molar-refractivity contribution in [2.45, 2.75) is 65.5 Å². The summed E-state index contributed by atoms with van der Waals surface area (Å²) in [6.45, 7) is 10.4. The lowest BCUT2D eigenvalue weighted by atomic mass is 9.92. The van der Waals surface area contributed by atoms with Crippen molar-refractivity contribution in [2.24, 2.45) is 10.2 Å². The molecule has 0 spiro atoms. The average molecular weight is 378 g/mol. The molecule has 1 aliphatic carbocycles. The van der Waals surface area contributed by atoms with E-state index >= 15 is 0 Å². The minimum absolute atomic E-state index is 0.104. The Morgan fingerprint density at radius 3 is 2.39 bits per heavy atom. The fourth-order valence-electron chi connectivity index (χ4n) is 4.71. The summed E-state index contributed by atoms with van der Waals surface area (Å²) in [6, 6.07) is 7.12. The molecule has 5 nitrogen and oxygen atoms in total. The van der Waals surface area contributed by atoms with E-state index in [1.165, 1.54) is 47.9 Å². The molecule has 1 unspecified atom stereocenters. The van der Waals surface area contributed by atoms with Gasteiger partial charge in [0.15, 0.2) is 0 Å². The number of nitrogens with one attached hydrogen (secondary N) is 2. The standard InChI is InChI=1S/C23H31N5/c1-14-11-15(2)20(16(3)12-14)22-23-21(27-28-22)19(13-17(4)26-23)25-10-9-24-18-7-5-6-8-18/h11-13,18,22,24H,5-10H2,1-4H3,(H,25,26). The smallest absolute Gasteiger partial charge is 0.141 e. The minimum atomic E-state index is -0.104. The van der Waals surface area contributed by atoms with Gasteiger partial charge in [-0.15, -0.1) is 0 Å². The molecule has 2 heterocycles. The molecule has 1 saturated carbocycles. The van der Waals surface area contributed by atoms with Crippen LogP contribution in [0.1, 0.15) is 65.4 Å². The fraction of sp³-hybridized carbons (Fsp3) is 0.522. The molecule has 0 saturated heterocycles. The summed E-state index contributed by atoms with van der Waals surface area (Å²) in [6.07, 6.45) is 5.35. The maximum absolute atomic E-state index is 4.82. The number of benzene rings is 1. The average Bonchev–Trinajstić information content (AvgIpc) is 3.28. The monoisotopic (exact) mass is 377 g/mol. The van der Waals surface area contributed by atoms with Crippen molar-refractivity contribution in [1.82, 2.24) is 10.3 Å². The largest absolute Gasteiger partial charge is 0.382 e. The van der Waals surface area contributed by atoms with Crippen LogP contribution in [0, 0.1) is 27.7 Å². The van der Waals surface area contributed by atoms with Gasteiger partial charge in [0, 0.05) is 24.8 Å². The van der Waals surface area contributed by atoms with E-state index in [2.05, 4.69) is 59.8 Å². The Morgan fingerprint density at radius 2 is 1.68 bits per heavy atom. The second-order valence-corrected chi connectivity index (χ2v) is 8.34. The zero-order valence-corrected chi connectivity index (χ0v) is 17.5. The van der Waals surface area contributed by atoms with Gasteiger partial charge in [-0.2, -0.15) is 10.2 Å². The summed E-state index contributed by atoms with van der Waals surface area (Å²) in [5, 5.41) is 16.4. The summed E-state index contributed by atoms with van der Waals surface area (Å²) in [4.78, 5) is 4.82. The second-order valence-electron chi connectivity index (χ2n) is 8.34. The van der Waals surface area contributed by atoms with Crippen molar-refractivity contribution in [3.63, 3.8) is 0 Å². The number of aryl methyl sites for hydroxylation is 4. The van der Waals surface area contributed by atoms with Crippen LogP contribution in [0.3, 0.4) is 0 Å². The van der Waals surface area contributed by atoms with Crippen LogP contribution in [0.2, 0.25) is 0 Å². The normalized spacial score (nSPS) is 18.6. The Kier molecular flexibility index (Phi) is 5.44. The molecule has 28 heavy (non-hydrogen) atoms. The third kappa shape index (κ3) is 3.81. The first-order valence-corrected chi connectivity index (χ1v) is 10.5. The quantitative estimate of drug-likeness (QED) is 0.658.